The molecule has 0 saturated heterocycles. The molecule has 1 aliphatic rings. The maximum Gasteiger partial charge on any atom is 0.165 e. The van der Waals surface area contributed by atoms with Gasteiger partial charge in [-0.2, -0.15) is 0 Å². The summed E-state index contributed by atoms with van der Waals surface area (Å²) in [6.45, 7) is 6.00. The highest BCUT2D eigenvalue weighted by Gasteiger charge is 2.23. The van der Waals surface area contributed by atoms with Gasteiger partial charge in [0.2, 0.25) is 0 Å². The highest BCUT2D eigenvalue weighted by atomic mass is 79.9. The molecule has 3 nitrogen and oxygen atoms in total. The molecule has 0 radical (unpaired) electrons. The number of nitrogens with two attached hydrogens (primary N) is 1. The molecule has 4 heteroatoms. The van der Waals surface area contributed by atoms with Crippen LogP contribution in [0.25, 0.3) is 0 Å². The fourth-order valence-electron chi connectivity index (χ4n) is 2.04. The van der Waals surface area contributed by atoms with Gasteiger partial charge in [0, 0.05) is 16.6 Å². The molecule has 2 rings (SSSR count). The van der Waals surface area contributed by atoms with Gasteiger partial charge in [-0.3, -0.25) is 0 Å². The van der Waals surface area contributed by atoms with Crippen LogP contribution in [0.5, 0.6) is 11.5 Å². The molecule has 1 aromatic carbocycles. The van der Waals surface area contributed by atoms with E-state index >= 15 is 0 Å². The van der Waals surface area contributed by atoms with Crippen LogP contribution in [-0.2, 0) is 6.54 Å². The van der Waals surface area contributed by atoms with Gasteiger partial charge in [0.25, 0.3) is 0 Å². The van der Waals surface area contributed by atoms with Gasteiger partial charge in [0.05, 0.1) is 0 Å². The van der Waals surface area contributed by atoms with Crippen LogP contribution < -0.4 is 15.2 Å². The Kier molecular flexibility index (Phi) is 3.40. The predicted molar refractivity (Wildman–Crippen MR) is 67.1 cm³/mol. The van der Waals surface area contributed by atoms with E-state index in [4.69, 9.17) is 15.2 Å². The van der Waals surface area contributed by atoms with Gasteiger partial charge in [0.15, 0.2) is 11.5 Å². The minimum absolute atomic E-state index is 0.367. The normalized spacial score (nSPS) is 14.3. The summed E-state index contributed by atoms with van der Waals surface area (Å²) in [7, 11) is 0. The summed E-state index contributed by atoms with van der Waals surface area (Å²) in [6, 6.07) is 1.95. The molecule has 0 fully saturated rings. The lowest BCUT2D eigenvalue weighted by molar-refractivity contribution is 0.169. The minimum Gasteiger partial charge on any atom is -0.486 e. The fraction of sp³-hybridized carbons (Fsp3) is 0.500. The molecule has 0 spiro atoms. The molecule has 0 unspecified atom stereocenters. The Balaban J connectivity index is 2.64. The lowest BCUT2D eigenvalue weighted by Crippen LogP contribution is -2.18. The van der Waals surface area contributed by atoms with Crippen molar-refractivity contribution in [1.82, 2.24) is 0 Å². The van der Waals surface area contributed by atoms with E-state index in [2.05, 4.69) is 29.8 Å². The van der Waals surface area contributed by atoms with E-state index in [1.807, 2.05) is 6.07 Å². The zero-order valence-electron chi connectivity index (χ0n) is 9.55. The molecule has 0 aliphatic carbocycles. The third-order valence-electron chi connectivity index (χ3n) is 2.71. The lowest BCUT2D eigenvalue weighted by Gasteiger charge is -2.25. The van der Waals surface area contributed by atoms with Crippen molar-refractivity contribution in [3.63, 3.8) is 0 Å². The summed E-state index contributed by atoms with van der Waals surface area (Å²) in [5.74, 6) is 2.05. The number of halogens is 1. The second kappa shape index (κ2) is 4.63. The van der Waals surface area contributed by atoms with Crippen LogP contribution in [0.15, 0.2) is 10.5 Å². The molecule has 88 valence electrons. The summed E-state index contributed by atoms with van der Waals surface area (Å²) < 4.78 is 12.3. The number of ether oxygens (including phenoxy) is 2. The SMILES string of the molecule is CC(C)c1c(CN)c(Br)cc2c1OCCO2. The van der Waals surface area contributed by atoms with E-state index in [1.165, 1.54) is 0 Å². The Morgan fingerprint density at radius 2 is 2.06 bits per heavy atom. The Labute approximate surface area is 104 Å². The summed E-state index contributed by atoms with van der Waals surface area (Å²) in [5, 5.41) is 0. The first-order chi connectivity index (χ1) is 7.65. The smallest absolute Gasteiger partial charge is 0.165 e. The molecule has 0 aromatic heterocycles. The highest BCUT2D eigenvalue weighted by Crippen LogP contribution is 2.43. The maximum atomic E-state index is 5.80. The number of hydrogen-bond donors (Lipinski definition) is 1. The van der Waals surface area contributed by atoms with E-state index in [1.54, 1.807) is 0 Å². The third kappa shape index (κ3) is 1.92. The van der Waals surface area contributed by atoms with Crippen molar-refractivity contribution in [3.05, 3.63) is 21.7 Å². The molecule has 0 amide bonds. The number of benzene rings is 1. The van der Waals surface area contributed by atoms with Crippen molar-refractivity contribution in [1.29, 1.82) is 0 Å². The molecular weight excluding hydrogens is 270 g/mol. The van der Waals surface area contributed by atoms with Crippen LogP contribution in [0.1, 0.15) is 30.9 Å². The van der Waals surface area contributed by atoms with E-state index in [0.29, 0.717) is 25.7 Å². The number of hydrogen-bond acceptors (Lipinski definition) is 3. The van der Waals surface area contributed by atoms with Gasteiger partial charge in [-0.15, -0.1) is 0 Å². The zero-order chi connectivity index (χ0) is 11.7. The maximum absolute atomic E-state index is 5.80. The van der Waals surface area contributed by atoms with Gasteiger partial charge in [-0.25, -0.2) is 0 Å². The van der Waals surface area contributed by atoms with Crippen LogP contribution in [0.3, 0.4) is 0 Å². The van der Waals surface area contributed by atoms with Crippen molar-refractivity contribution in [2.75, 3.05) is 13.2 Å². The van der Waals surface area contributed by atoms with E-state index in [-0.39, 0.29) is 0 Å². The van der Waals surface area contributed by atoms with E-state index in [9.17, 15) is 0 Å². The van der Waals surface area contributed by atoms with Gasteiger partial charge in [-0.1, -0.05) is 29.8 Å². The Bertz CT molecular complexity index is 404. The van der Waals surface area contributed by atoms with Crippen LogP contribution in [-0.4, -0.2) is 13.2 Å². The summed E-state index contributed by atoms with van der Waals surface area (Å²) in [5.41, 5.74) is 8.07. The van der Waals surface area contributed by atoms with Crippen molar-refractivity contribution in [3.8, 4) is 11.5 Å². The minimum atomic E-state index is 0.367. The molecule has 1 aromatic rings. The molecule has 1 aliphatic heterocycles. The van der Waals surface area contributed by atoms with Gasteiger partial charge < -0.3 is 15.2 Å². The molecule has 16 heavy (non-hydrogen) atoms. The van der Waals surface area contributed by atoms with Crippen molar-refractivity contribution in [2.45, 2.75) is 26.3 Å². The average molecular weight is 286 g/mol. The molecule has 0 atom stereocenters. The third-order valence-corrected chi connectivity index (χ3v) is 3.42. The Hall–Kier alpha value is -0.740. The van der Waals surface area contributed by atoms with Gasteiger partial charge in [-0.05, 0) is 17.5 Å². The second-order valence-corrected chi connectivity index (χ2v) is 4.99. The number of fused-ring (bicyclic) bond motifs is 1. The first-order valence-electron chi connectivity index (χ1n) is 5.46. The predicted octanol–water partition coefficient (Wildman–Crippen LogP) is 2.80. The summed E-state index contributed by atoms with van der Waals surface area (Å²) in [4.78, 5) is 0. The highest BCUT2D eigenvalue weighted by molar-refractivity contribution is 9.10. The Morgan fingerprint density at radius 1 is 1.38 bits per heavy atom. The molecule has 0 saturated carbocycles. The van der Waals surface area contributed by atoms with Gasteiger partial charge >= 0.3 is 0 Å². The molecule has 2 N–H and O–H groups in total. The van der Waals surface area contributed by atoms with E-state index in [0.717, 1.165) is 27.1 Å². The second-order valence-electron chi connectivity index (χ2n) is 4.13. The van der Waals surface area contributed by atoms with Gasteiger partial charge in [0.1, 0.15) is 13.2 Å². The number of rotatable bonds is 2. The van der Waals surface area contributed by atoms with Crippen LogP contribution >= 0.6 is 15.9 Å². The summed E-state index contributed by atoms with van der Waals surface area (Å²) in [6.07, 6.45) is 0. The van der Waals surface area contributed by atoms with Crippen LogP contribution in [0, 0.1) is 0 Å². The monoisotopic (exact) mass is 285 g/mol. The van der Waals surface area contributed by atoms with Crippen molar-refractivity contribution < 1.29 is 9.47 Å². The molecule has 1 heterocycles. The standard InChI is InChI=1S/C12H16BrNO2/c1-7(2)11-8(6-14)9(13)5-10-12(11)16-4-3-15-10/h5,7H,3-4,6,14H2,1-2H3. The summed E-state index contributed by atoms with van der Waals surface area (Å²) >= 11 is 3.54. The quantitative estimate of drug-likeness (QED) is 0.909. The molecule has 0 bridgehead atoms. The van der Waals surface area contributed by atoms with E-state index < -0.39 is 0 Å². The topological polar surface area (TPSA) is 44.5 Å². The fourth-order valence-corrected chi connectivity index (χ4v) is 2.62. The molecular formula is C12H16BrNO2. The largest absolute Gasteiger partial charge is 0.486 e. The van der Waals surface area contributed by atoms with Crippen LogP contribution in [0.2, 0.25) is 0 Å². The van der Waals surface area contributed by atoms with Crippen molar-refractivity contribution >= 4 is 15.9 Å². The average Bonchev–Trinajstić information content (AvgIpc) is 2.26. The Morgan fingerprint density at radius 3 is 2.69 bits per heavy atom. The lowest BCUT2D eigenvalue weighted by atomic mass is 9.95. The first-order valence-corrected chi connectivity index (χ1v) is 6.25. The zero-order valence-corrected chi connectivity index (χ0v) is 11.1. The van der Waals surface area contributed by atoms with Crippen molar-refractivity contribution in [2.24, 2.45) is 5.73 Å². The van der Waals surface area contributed by atoms with Crippen LogP contribution in [0.4, 0.5) is 0 Å². The first kappa shape index (κ1) is 11.7.